The minimum absolute atomic E-state index is 0.412. The highest BCUT2D eigenvalue weighted by Gasteiger charge is 2.15. The van der Waals surface area contributed by atoms with Crippen molar-refractivity contribution in [3.8, 4) is 11.3 Å². The monoisotopic (exact) mass is 318 g/mol. The number of aryl methyl sites for hydroxylation is 1. The molecule has 24 heavy (non-hydrogen) atoms. The fourth-order valence-corrected chi connectivity index (χ4v) is 2.74. The molecule has 0 atom stereocenters. The van der Waals surface area contributed by atoms with Crippen LogP contribution in [0.25, 0.3) is 27.9 Å². The van der Waals surface area contributed by atoms with Gasteiger partial charge in [0, 0.05) is 28.6 Å². The fourth-order valence-electron chi connectivity index (χ4n) is 2.74. The van der Waals surface area contributed by atoms with Crippen molar-refractivity contribution in [2.24, 2.45) is 11.5 Å². The van der Waals surface area contributed by atoms with Crippen molar-refractivity contribution in [1.29, 1.82) is 5.41 Å². The van der Waals surface area contributed by atoms with E-state index in [4.69, 9.17) is 16.9 Å². The lowest BCUT2D eigenvalue weighted by Crippen LogP contribution is -2.12. The van der Waals surface area contributed by atoms with Crippen LogP contribution < -0.4 is 11.5 Å². The van der Waals surface area contributed by atoms with Gasteiger partial charge in [0.05, 0.1) is 11.1 Å². The topological polar surface area (TPSA) is 109 Å². The molecule has 3 rings (SSSR count). The van der Waals surface area contributed by atoms with Crippen LogP contribution in [0.2, 0.25) is 0 Å². The number of nitrogens with two attached hydrogens (primary N) is 2. The molecule has 1 amide bonds. The van der Waals surface area contributed by atoms with Gasteiger partial charge in [-0.15, -0.1) is 0 Å². The van der Waals surface area contributed by atoms with Crippen molar-refractivity contribution in [3.63, 3.8) is 0 Å². The molecular weight excluding hydrogens is 300 g/mol. The molecule has 120 valence electrons. The summed E-state index contributed by atoms with van der Waals surface area (Å²) in [6.07, 6.45) is 2.65. The van der Waals surface area contributed by atoms with Crippen LogP contribution in [0.4, 0.5) is 0 Å². The van der Waals surface area contributed by atoms with E-state index in [1.807, 2.05) is 37.3 Å². The number of amides is 1. The quantitative estimate of drug-likeness (QED) is 0.554. The molecule has 3 aromatic rings. The number of aromatic nitrogens is 1. The molecule has 2 aromatic carbocycles. The first-order chi connectivity index (χ1) is 11.5. The molecule has 6 N–H and O–H groups in total. The third kappa shape index (κ3) is 2.67. The van der Waals surface area contributed by atoms with Crippen LogP contribution >= 0.6 is 0 Å². The first-order valence-electron chi connectivity index (χ1n) is 7.50. The summed E-state index contributed by atoms with van der Waals surface area (Å²) >= 11 is 0. The first kappa shape index (κ1) is 15.6. The number of carbonyl (C=O) groups is 1. The second kappa shape index (κ2) is 6.04. The zero-order valence-corrected chi connectivity index (χ0v) is 13.3. The lowest BCUT2D eigenvalue weighted by Gasteiger charge is -2.05. The number of hydrogen-bond acceptors (Lipinski definition) is 3. The summed E-state index contributed by atoms with van der Waals surface area (Å²) in [4.78, 5) is 15.0. The number of fused-ring (bicyclic) bond motifs is 1. The van der Waals surface area contributed by atoms with E-state index in [1.165, 1.54) is 11.6 Å². The van der Waals surface area contributed by atoms with Gasteiger partial charge in [-0.1, -0.05) is 35.9 Å². The van der Waals surface area contributed by atoms with E-state index in [2.05, 4.69) is 4.98 Å². The number of nitrogens with one attached hydrogen (secondary N) is 2. The van der Waals surface area contributed by atoms with Crippen LogP contribution in [-0.2, 0) is 0 Å². The second-order valence-electron chi connectivity index (χ2n) is 5.65. The van der Waals surface area contributed by atoms with Crippen molar-refractivity contribution in [1.82, 2.24) is 4.98 Å². The van der Waals surface area contributed by atoms with Gasteiger partial charge in [-0.05, 0) is 30.7 Å². The zero-order chi connectivity index (χ0) is 17.3. The molecule has 0 aliphatic heterocycles. The summed E-state index contributed by atoms with van der Waals surface area (Å²) in [6.45, 7) is 2.03. The number of benzene rings is 2. The number of aromatic amines is 1. The largest absolute Gasteiger partial charge is 0.398 e. The fraction of sp³-hybridized carbons (Fsp3) is 0.0526. The maximum atomic E-state index is 11.7. The van der Waals surface area contributed by atoms with E-state index in [9.17, 15) is 4.79 Å². The first-order valence-corrected chi connectivity index (χ1v) is 7.50. The lowest BCUT2D eigenvalue weighted by atomic mass is 10.0. The predicted molar refractivity (Wildman–Crippen MR) is 97.9 cm³/mol. The third-order valence-corrected chi connectivity index (χ3v) is 4.00. The highest BCUT2D eigenvalue weighted by Crippen LogP contribution is 2.31. The van der Waals surface area contributed by atoms with Crippen molar-refractivity contribution < 1.29 is 4.79 Å². The van der Waals surface area contributed by atoms with Gasteiger partial charge < -0.3 is 21.9 Å². The molecule has 0 bridgehead atoms. The highest BCUT2D eigenvalue weighted by molar-refractivity contribution is 6.09. The van der Waals surface area contributed by atoms with E-state index in [-0.39, 0.29) is 0 Å². The van der Waals surface area contributed by atoms with Crippen molar-refractivity contribution in [2.75, 3.05) is 0 Å². The molecule has 0 aliphatic rings. The minimum atomic E-state index is -0.501. The van der Waals surface area contributed by atoms with E-state index in [1.54, 1.807) is 12.1 Å². The van der Waals surface area contributed by atoms with Crippen LogP contribution in [0.3, 0.4) is 0 Å². The van der Waals surface area contributed by atoms with Gasteiger partial charge in [0.1, 0.15) is 0 Å². The Morgan fingerprint density at radius 1 is 1.08 bits per heavy atom. The molecule has 0 saturated heterocycles. The molecule has 0 unspecified atom stereocenters. The summed E-state index contributed by atoms with van der Waals surface area (Å²) in [7, 11) is 0. The molecule has 0 fully saturated rings. The van der Waals surface area contributed by atoms with Gasteiger partial charge in [-0.2, -0.15) is 0 Å². The van der Waals surface area contributed by atoms with Crippen LogP contribution in [0.15, 0.2) is 48.5 Å². The van der Waals surface area contributed by atoms with E-state index in [0.717, 1.165) is 28.4 Å². The number of hydrogen-bond donors (Lipinski definition) is 4. The van der Waals surface area contributed by atoms with Gasteiger partial charge in [0.2, 0.25) is 0 Å². The van der Waals surface area contributed by atoms with Crippen molar-refractivity contribution >= 4 is 28.7 Å². The minimum Gasteiger partial charge on any atom is -0.398 e. The third-order valence-electron chi connectivity index (χ3n) is 4.00. The Morgan fingerprint density at radius 2 is 1.75 bits per heavy atom. The molecule has 5 nitrogen and oxygen atoms in total. The van der Waals surface area contributed by atoms with E-state index >= 15 is 0 Å². The summed E-state index contributed by atoms with van der Waals surface area (Å²) in [5.41, 5.74) is 16.9. The molecule has 5 heteroatoms. The Kier molecular flexibility index (Phi) is 3.92. The number of H-pyrrole nitrogens is 1. The molecule has 0 spiro atoms. The summed E-state index contributed by atoms with van der Waals surface area (Å²) in [5, 5.41) is 8.00. The molecule has 0 saturated carbocycles. The van der Waals surface area contributed by atoms with Crippen LogP contribution in [0.5, 0.6) is 0 Å². The molecule has 1 aromatic heterocycles. The van der Waals surface area contributed by atoms with Gasteiger partial charge in [0.25, 0.3) is 5.91 Å². The lowest BCUT2D eigenvalue weighted by molar-refractivity contribution is 0.100. The molecule has 1 heterocycles. The maximum Gasteiger partial charge on any atom is 0.250 e. The number of rotatable bonds is 4. The Hall–Kier alpha value is -3.34. The molecule has 0 radical (unpaired) electrons. The summed E-state index contributed by atoms with van der Waals surface area (Å²) in [5.74, 6) is -0.501. The Bertz CT molecular complexity index is 965. The van der Waals surface area contributed by atoms with E-state index in [0.29, 0.717) is 16.8 Å². The molecular formula is C19H18N4O. The normalized spacial score (nSPS) is 11.6. The number of allylic oxidation sites excluding steroid dienone is 1. The average Bonchev–Trinajstić information content (AvgIpc) is 2.99. The van der Waals surface area contributed by atoms with Gasteiger partial charge >= 0.3 is 0 Å². The standard InChI is InChI=1S/C19H18N4O/c1-11-2-4-12(5-3-11)17-10-15-13(16(21)8-9-20)6-7-14(19(22)24)18(15)23-17/h2-10,20,23H,21H2,1H3,(H2,22,24). The van der Waals surface area contributed by atoms with Crippen LogP contribution in [0, 0.1) is 12.3 Å². The van der Waals surface area contributed by atoms with Crippen molar-refractivity contribution in [2.45, 2.75) is 6.92 Å². The van der Waals surface area contributed by atoms with Crippen molar-refractivity contribution in [3.05, 3.63) is 65.2 Å². The van der Waals surface area contributed by atoms with Crippen LogP contribution in [0.1, 0.15) is 21.5 Å². The van der Waals surface area contributed by atoms with Gasteiger partial charge in [-0.3, -0.25) is 4.79 Å². The zero-order valence-electron chi connectivity index (χ0n) is 13.3. The number of carbonyl (C=O) groups excluding carboxylic acids is 1. The number of primary amides is 1. The van der Waals surface area contributed by atoms with E-state index < -0.39 is 5.91 Å². The second-order valence-corrected chi connectivity index (χ2v) is 5.65. The maximum absolute atomic E-state index is 11.7. The van der Waals surface area contributed by atoms with Gasteiger partial charge in [0.15, 0.2) is 0 Å². The molecule has 0 aliphatic carbocycles. The smallest absolute Gasteiger partial charge is 0.250 e. The SMILES string of the molecule is Cc1ccc(-c2cc3c(C(N)=CC=N)ccc(C(N)=O)c3[nH]2)cc1. The Labute approximate surface area is 139 Å². The Balaban J connectivity index is 2.28. The predicted octanol–water partition coefficient (Wildman–Crippen LogP) is 3.19. The Morgan fingerprint density at radius 3 is 2.38 bits per heavy atom. The summed E-state index contributed by atoms with van der Waals surface area (Å²) in [6, 6.07) is 13.4. The highest BCUT2D eigenvalue weighted by atomic mass is 16.1. The summed E-state index contributed by atoms with van der Waals surface area (Å²) < 4.78 is 0. The van der Waals surface area contributed by atoms with Gasteiger partial charge in [-0.25, -0.2) is 0 Å². The van der Waals surface area contributed by atoms with Crippen LogP contribution in [-0.4, -0.2) is 17.1 Å². The average molecular weight is 318 g/mol.